The summed E-state index contributed by atoms with van der Waals surface area (Å²) >= 11 is 3.52. The Kier molecular flexibility index (Phi) is 6.02. The van der Waals surface area contributed by atoms with E-state index >= 15 is 0 Å². The molecule has 2 fully saturated rings. The van der Waals surface area contributed by atoms with Gasteiger partial charge in [0.25, 0.3) is 0 Å². The Hall–Kier alpha value is -1.11. The highest BCUT2D eigenvalue weighted by atomic mass is 79.9. The second-order valence-electron chi connectivity index (χ2n) is 7.07. The van der Waals surface area contributed by atoms with Crippen molar-refractivity contribution in [3.05, 3.63) is 28.2 Å². The molecule has 1 aliphatic heterocycles. The lowest BCUT2D eigenvalue weighted by atomic mass is 9.72. The molecule has 1 aliphatic carbocycles. The third-order valence-electron chi connectivity index (χ3n) is 5.44. The topological polar surface area (TPSA) is 61.8 Å². The number of ether oxygens (including phenoxy) is 1. The Morgan fingerprint density at radius 2 is 1.96 bits per heavy atom. The van der Waals surface area contributed by atoms with Gasteiger partial charge in [0.15, 0.2) is 0 Å². The Morgan fingerprint density at radius 3 is 2.56 bits per heavy atom. The van der Waals surface area contributed by atoms with Crippen LogP contribution in [0.15, 0.2) is 22.7 Å². The minimum absolute atomic E-state index is 0.0444. The summed E-state index contributed by atoms with van der Waals surface area (Å²) in [5, 5.41) is 14.7. The molecule has 0 spiro atoms. The Bertz CT molecular complexity index is 611. The number of methoxy groups -OCH3 is 1. The maximum atomic E-state index is 13.4. The molecular formula is C19H27BrN2O3. The van der Waals surface area contributed by atoms with Gasteiger partial charge in [-0.25, -0.2) is 0 Å². The number of carbonyl (C=O) groups is 1. The molecule has 6 heteroatoms. The predicted octanol–water partition coefficient (Wildman–Crippen LogP) is 2.67. The summed E-state index contributed by atoms with van der Waals surface area (Å²) in [6.07, 6.45) is 4.43. The van der Waals surface area contributed by atoms with E-state index in [1.807, 2.05) is 23.1 Å². The molecule has 0 radical (unpaired) electrons. The Labute approximate surface area is 157 Å². The molecule has 1 amide bonds. The molecule has 3 rings (SSSR count). The van der Waals surface area contributed by atoms with Gasteiger partial charge in [-0.05, 0) is 46.5 Å². The van der Waals surface area contributed by atoms with Crippen molar-refractivity contribution in [2.75, 3.05) is 33.3 Å². The molecule has 2 N–H and O–H groups in total. The van der Waals surface area contributed by atoms with Crippen LogP contribution in [-0.4, -0.2) is 54.8 Å². The quantitative estimate of drug-likeness (QED) is 0.800. The number of rotatable bonds is 4. The molecule has 1 saturated carbocycles. The first-order valence-corrected chi connectivity index (χ1v) is 9.90. The second kappa shape index (κ2) is 8.06. The zero-order chi connectivity index (χ0) is 17.9. The lowest BCUT2D eigenvalue weighted by Gasteiger charge is -2.41. The fourth-order valence-corrected chi connectivity index (χ4v) is 4.62. The number of amides is 1. The molecule has 0 aromatic heterocycles. The highest BCUT2D eigenvalue weighted by Crippen LogP contribution is 2.42. The number of halogens is 1. The number of aliphatic hydroxyl groups is 1. The van der Waals surface area contributed by atoms with Crippen LogP contribution in [0.3, 0.4) is 0 Å². The first kappa shape index (κ1) is 18.7. The summed E-state index contributed by atoms with van der Waals surface area (Å²) in [5.74, 6) is 0.254. The molecule has 1 atom stereocenters. The van der Waals surface area contributed by atoms with E-state index in [1.165, 1.54) is 0 Å². The fourth-order valence-electron chi connectivity index (χ4n) is 4.07. The molecule has 1 aromatic rings. The Morgan fingerprint density at radius 1 is 1.28 bits per heavy atom. The molecule has 2 aliphatic rings. The Balaban J connectivity index is 1.96. The van der Waals surface area contributed by atoms with Crippen LogP contribution < -0.4 is 10.1 Å². The zero-order valence-electron chi connectivity index (χ0n) is 14.8. The molecule has 1 saturated heterocycles. The number of piperazine rings is 1. The number of carbonyl (C=O) groups excluding carboxylic acids is 1. The average Bonchev–Trinajstić information content (AvgIpc) is 2.63. The van der Waals surface area contributed by atoms with Crippen molar-refractivity contribution < 1.29 is 14.6 Å². The third-order valence-corrected chi connectivity index (χ3v) is 6.06. The number of hydrogen-bond donors (Lipinski definition) is 2. The third kappa shape index (κ3) is 4.01. The molecule has 1 unspecified atom stereocenters. The van der Waals surface area contributed by atoms with E-state index in [2.05, 4.69) is 21.2 Å². The monoisotopic (exact) mass is 410 g/mol. The van der Waals surface area contributed by atoms with Crippen molar-refractivity contribution in [1.82, 2.24) is 10.2 Å². The van der Waals surface area contributed by atoms with Crippen LogP contribution in [0.25, 0.3) is 0 Å². The van der Waals surface area contributed by atoms with Gasteiger partial charge in [0, 0.05) is 26.2 Å². The average molecular weight is 411 g/mol. The molecule has 138 valence electrons. The largest absolute Gasteiger partial charge is 0.496 e. The van der Waals surface area contributed by atoms with Crippen LogP contribution in [0.1, 0.15) is 43.6 Å². The molecule has 1 aromatic carbocycles. The number of nitrogens with one attached hydrogen (secondary N) is 1. The predicted molar refractivity (Wildman–Crippen MR) is 101 cm³/mol. The summed E-state index contributed by atoms with van der Waals surface area (Å²) in [5.41, 5.74) is -0.102. The van der Waals surface area contributed by atoms with Crippen LogP contribution in [-0.2, 0) is 4.79 Å². The van der Waals surface area contributed by atoms with Gasteiger partial charge in [-0.15, -0.1) is 0 Å². The van der Waals surface area contributed by atoms with Crippen LogP contribution in [0.5, 0.6) is 5.75 Å². The van der Waals surface area contributed by atoms with E-state index in [1.54, 1.807) is 7.11 Å². The van der Waals surface area contributed by atoms with Crippen molar-refractivity contribution in [3.63, 3.8) is 0 Å². The molecule has 1 heterocycles. The van der Waals surface area contributed by atoms with E-state index in [0.29, 0.717) is 25.9 Å². The van der Waals surface area contributed by atoms with Gasteiger partial charge in [0.05, 0.1) is 23.1 Å². The maximum Gasteiger partial charge on any atom is 0.233 e. The zero-order valence-corrected chi connectivity index (χ0v) is 16.3. The van der Waals surface area contributed by atoms with Crippen molar-refractivity contribution in [3.8, 4) is 5.75 Å². The van der Waals surface area contributed by atoms with Crippen molar-refractivity contribution in [2.24, 2.45) is 0 Å². The summed E-state index contributed by atoms with van der Waals surface area (Å²) in [6, 6.07) is 5.71. The van der Waals surface area contributed by atoms with E-state index in [9.17, 15) is 9.90 Å². The van der Waals surface area contributed by atoms with Gasteiger partial charge in [0.1, 0.15) is 5.75 Å². The summed E-state index contributed by atoms with van der Waals surface area (Å²) in [4.78, 5) is 15.3. The normalized spacial score (nSPS) is 21.6. The van der Waals surface area contributed by atoms with E-state index in [0.717, 1.165) is 48.1 Å². The van der Waals surface area contributed by atoms with Gasteiger partial charge in [-0.2, -0.15) is 0 Å². The van der Waals surface area contributed by atoms with Gasteiger partial charge in [0.2, 0.25) is 5.91 Å². The minimum atomic E-state index is -0.964. The van der Waals surface area contributed by atoms with Crippen LogP contribution >= 0.6 is 15.9 Å². The van der Waals surface area contributed by atoms with Crippen molar-refractivity contribution >= 4 is 21.8 Å². The van der Waals surface area contributed by atoms with Crippen LogP contribution in [0.4, 0.5) is 0 Å². The van der Waals surface area contributed by atoms with E-state index in [-0.39, 0.29) is 5.91 Å². The van der Waals surface area contributed by atoms with E-state index < -0.39 is 11.5 Å². The second-order valence-corrected chi connectivity index (χ2v) is 7.92. The first-order chi connectivity index (χ1) is 12.0. The van der Waals surface area contributed by atoms with Crippen LogP contribution in [0, 0.1) is 0 Å². The fraction of sp³-hybridized carbons (Fsp3) is 0.632. The van der Waals surface area contributed by atoms with Crippen molar-refractivity contribution in [1.29, 1.82) is 0 Å². The van der Waals surface area contributed by atoms with Gasteiger partial charge >= 0.3 is 0 Å². The number of benzene rings is 1. The highest BCUT2D eigenvalue weighted by molar-refractivity contribution is 9.10. The molecular weight excluding hydrogens is 384 g/mol. The van der Waals surface area contributed by atoms with Gasteiger partial charge < -0.3 is 20.1 Å². The summed E-state index contributed by atoms with van der Waals surface area (Å²) < 4.78 is 6.12. The number of hydrogen-bond acceptors (Lipinski definition) is 4. The molecule has 25 heavy (non-hydrogen) atoms. The lowest BCUT2D eigenvalue weighted by molar-refractivity contribution is -0.142. The molecule has 0 bridgehead atoms. The minimum Gasteiger partial charge on any atom is -0.496 e. The summed E-state index contributed by atoms with van der Waals surface area (Å²) in [7, 11) is 1.62. The number of nitrogens with zero attached hydrogens (tertiary/aromatic N) is 1. The van der Waals surface area contributed by atoms with Crippen LogP contribution in [0.2, 0.25) is 0 Å². The lowest BCUT2D eigenvalue weighted by Crippen LogP contribution is -2.53. The van der Waals surface area contributed by atoms with E-state index in [4.69, 9.17) is 4.74 Å². The highest BCUT2D eigenvalue weighted by Gasteiger charge is 2.44. The maximum absolute atomic E-state index is 13.4. The SMILES string of the molecule is COc1ccc(C(C(=O)N2CCNCC2)C2(O)CCCCC2)cc1Br. The first-order valence-electron chi connectivity index (χ1n) is 9.10. The smallest absolute Gasteiger partial charge is 0.233 e. The summed E-state index contributed by atoms with van der Waals surface area (Å²) in [6.45, 7) is 3.01. The standard InChI is InChI=1S/C19H27BrN2O3/c1-25-16-6-5-14(13-15(16)20)17(19(24)7-3-2-4-8-19)18(23)22-11-9-21-10-12-22/h5-6,13,17,21,24H,2-4,7-12H2,1H3. The van der Waals surface area contributed by atoms with Crippen molar-refractivity contribution in [2.45, 2.75) is 43.6 Å². The molecule has 5 nitrogen and oxygen atoms in total. The van der Waals surface area contributed by atoms with Gasteiger partial charge in [-0.3, -0.25) is 4.79 Å². The van der Waals surface area contributed by atoms with Gasteiger partial charge in [-0.1, -0.05) is 25.3 Å².